The molecule has 5 aliphatic carbocycles. The minimum absolute atomic E-state index is 0.141. The van der Waals surface area contributed by atoms with E-state index >= 15 is 0 Å². The molecule has 0 saturated heterocycles. The fourth-order valence-electron chi connectivity index (χ4n) is 12.8. The molecule has 5 aliphatic rings. The normalized spacial score (nSPS) is 22.1. The van der Waals surface area contributed by atoms with Crippen LogP contribution in [0, 0.1) is 23.7 Å². The molecule has 288 valence electrons. The zero-order chi connectivity index (χ0) is 39.4. The SMILES string of the molecule is c1ccc(-c2ccc(N(c3ccc(-c4ccccc4)cc3)c3ccc4c(c3)sc3cc(-c5cccc6c5C5(c7ccccc7-6)C6CC7CC(C6)CC5C7)ccc34)cc2)cc1. The van der Waals surface area contributed by atoms with E-state index in [1.807, 2.05) is 11.3 Å². The summed E-state index contributed by atoms with van der Waals surface area (Å²) >= 11 is 1.94. The molecule has 0 radical (unpaired) electrons. The highest BCUT2D eigenvalue weighted by Crippen LogP contribution is 2.70. The molecule has 0 aliphatic heterocycles. The number of hydrogen-bond donors (Lipinski definition) is 0. The van der Waals surface area contributed by atoms with Gasteiger partial charge in [-0.3, -0.25) is 0 Å². The molecule has 60 heavy (non-hydrogen) atoms. The number of fused-ring (bicyclic) bond motifs is 6. The van der Waals surface area contributed by atoms with Crippen LogP contribution in [0.1, 0.15) is 43.2 Å². The van der Waals surface area contributed by atoms with Crippen molar-refractivity contribution in [3.63, 3.8) is 0 Å². The Kier molecular flexibility index (Phi) is 7.73. The lowest BCUT2D eigenvalue weighted by Crippen LogP contribution is -2.55. The lowest BCUT2D eigenvalue weighted by molar-refractivity contribution is -0.0397. The lowest BCUT2D eigenvalue weighted by Gasteiger charge is -2.61. The molecule has 1 heterocycles. The van der Waals surface area contributed by atoms with Crippen molar-refractivity contribution in [2.45, 2.75) is 37.5 Å². The van der Waals surface area contributed by atoms with Crippen LogP contribution in [0.3, 0.4) is 0 Å². The molecular weight excluding hydrogens is 743 g/mol. The van der Waals surface area contributed by atoms with Crippen LogP contribution in [-0.2, 0) is 5.41 Å². The van der Waals surface area contributed by atoms with Gasteiger partial charge in [-0.2, -0.15) is 0 Å². The maximum Gasteiger partial charge on any atom is 0.0476 e. The predicted octanol–water partition coefficient (Wildman–Crippen LogP) is 16.2. The van der Waals surface area contributed by atoms with E-state index in [-0.39, 0.29) is 5.41 Å². The summed E-state index contributed by atoms with van der Waals surface area (Å²) in [5, 5.41) is 2.67. The van der Waals surface area contributed by atoms with E-state index in [4.69, 9.17) is 0 Å². The van der Waals surface area contributed by atoms with E-state index in [2.05, 4.69) is 193 Å². The number of nitrogens with zero attached hydrogens (tertiary/aromatic N) is 1. The number of benzene rings is 8. The summed E-state index contributed by atoms with van der Waals surface area (Å²) in [6.07, 6.45) is 7.08. The molecule has 8 aromatic carbocycles. The highest BCUT2D eigenvalue weighted by atomic mass is 32.1. The Hall–Kier alpha value is -6.22. The second-order valence-electron chi connectivity index (χ2n) is 18.1. The molecule has 4 saturated carbocycles. The van der Waals surface area contributed by atoms with Gasteiger partial charge in [0.15, 0.2) is 0 Å². The van der Waals surface area contributed by atoms with Crippen LogP contribution in [-0.4, -0.2) is 0 Å². The van der Waals surface area contributed by atoms with Gasteiger partial charge >= 0.3 is 0 Å². The van der Waals surface area contributed by atoms with Crippen molar-refractivity contribution in [2.24, 2.45) is 23.7 Å². The zero-order valence-corrected chi connectivity index (χ0v) is 34.4. The topological polar surface area (TPSA) is 3.24 Å². The summed E-state index contributed by atoms with van der Waals surface area (Å²) in [5.41, 5.74) is 17.6. The van der Waals surface area contributed by atoms with Crippen LogP contribution in [0.5, 0.6) is 0 Å². The van der Waals surface area contributed by atoms with Gasteiger partial charge in [-0.15, -0.1) is 11.3 Å². The molecule has 0 N–H and O–H groups in total. The minimum Gasteiger partial charge on any atom is -0.310 e. The van der Waals surface area contributed by atoms with Gasteiger partial charge in [0, 0.05) is 42.6 Å². The van der Waals surface area contributed by atoms with E-state index in [0.29, 0.717) is 0 Å². The summed E-state index contributed by atoms with van der Waals surface area (Å²) in [7, 11) is 0. The smallest absolute Gasteiger partial charge is 0.0476 e. The molecule has 1 spiro atoms. The van der Waals surface area contributed by atoms with Gasteiger partial charge in [0.1, 0.15) is 0 Å². The van der Waals surface area contributed by atoms with Gasteiger partial charge in [0.05, 0.1) is 0 Å². The molecular formula is C58H45NS. The monoisotopic (exact) mass is 787 g/mol. The fraction of sp³-hybridized carbons (Fsp3) is 0.172. The Morgan fingerprint density at radius 2 is 0.867 bits per heavy atom. The number of thiophene rings is 1. The van der Waals surface area contributed by atoms with Gasteiger partial charge in [-0.1, -0.05) is 146 Å². The van der Waals surface area contributed by atoms with Gasteiger partial charge in [0.25, 0.3) is 0 Å². The standard InChI is InChI=1S/C58H45NS/c1-3-10-39(11-4-1)41-18-23-46(24-19-41)59(47-25-20-42(21-26-47)40-12-5-2-6-13-40)48-27-29-52-51-28-22-43(35-55(51)60-56(52)36-48)49-15-9-16-53-50-14-7-8-17-54(50)58(57(49)53)44-31-37-30-38(33-44)34-45(58)32-37/h1-29,35-38,44-45H,30-34H2. The van der Waals surface area contributed by atoms with Crippen molar-refractivity contribution in [3.05, 3.63) is 199 Å². The highest BCUT2D eigenvalue weighted by Gasteiger charge is 2.62. The molecule has 1 aromatic heterocycles. The summed E-state index contributed by atoms with van der Waals surface area (Å²) in [6, 6.07) is 70.6. The Balaban J connectivity index is 0.919. The number of rotatable bonds is 6. The van der Waals surface area contributed by atoms with E-state index in [1.54, 1.807) is 11.1 Å². The first-order valence-electron chi connectivity index (χ1n) is 22.0. The van der Waals surface area contributed by atoms with Crippen LogP contribution in [0.2, 0.25) is 0 Å². The first-order chi connectivity index (χ1) is 29.7. The van der Waals surface area contributed by atoms with Gasteiger partial charge in [0.2, 0.25) is 0 Å². The third-order valence-electron chi connectivity index (χ3n) is 15.1. The third-order valence-corrected chi connectivity index (χ3v) is 16.2. The minimum atomic E-state index is 0.141. The van der Waals surface area contributed by atoms with E-state index in [9.17, 15) is 0 Å². The van der Waals surface area contributed by atoms with Crippen LogP contribution < -0.4 is 4.90 Å². The summed E-state index contributed by atoms with van der Waals surface area (Å²) < 4.78 is 2.67. The Morgan fingerprint density at radius 1 is 0.383 bits per heavy atom. The van der Waals surface area contributed by atoms with Gasteiger partial charge < -0.3 is 4.90 Å². The second-order valence-corrected chi connectivity index (χ2v) is 19.2. The molecule has 4 fully saturated rings. The molecule has 1 nitrogen and oxygen atoms in total. The van der Waals surface area contributed by atoms with Crippen LogP contribution in [0.25, 0.3) is 64.7 Å². The van der Waals surface area contributed by atoms with E-state index < -0.39 is 0 Å². The van der Waals surface area contributed by atoms with Crippen molar-refractivity contribution in [2.75, 3.05) is 4.90 Å². The Bertz CT molecular complexity index is 2970. The van der Waals surface area contributed by atoms with Crippen LogP contribution in [0.4, 0.5) is 17.1 Å². The Morgan fingerprint density at radius 3 is 1.50 bits per heavy atom. The second kappa shape index (κ2) is 13.4. The fourth-order valence-corrected chi connectivity index (χ4v) is 14.0. The summed E-state index contributed by atoms with van der Waals surface area (Å²) in [5.74, 6) is 3.35. The van der Waals surface area contributed by atoms with Crippen molar-refractivity contribution in [1.29, 1.82) is 0 Å². The van der Waals surface area contributed by atoms with Crippen molar-refractivity contribution < 1.29 is 0 Å². The van der Waals surface area contributed by atoms with Crippen molar-refractivity contribution in [1.82, 2.24) is 0 Å². The van der Waals surface area contributed by atoms with Gasteiger partial charge in [-0.05, 0) is 154 Å². The molecule has 2 heteroatoms. The highest BCUT2D eigenvalue weighted by molar-refractivity contribution is 7.25. The first-order valence-corrected chi connectivity index (χ1v) is 22.8. The predicted molar refractivity (Wildman–Crippen MR) is 254 cm³/mol. The molecule has 0 amide bonds. The maximum atomic E-state index is 2.52. The number of hydrogen-bond acceptors (Lipinski definition) is 2. The van der Waals surface area contributed by atoms with E-state index in [0.717, 1.165) is 40.7 Å². The maximum absolute atomic E-state index is 2.52. The molecule has 0 atom stereocenters. The average molecular weight is 788 g/mol. The van der Waals surface area contributed by atoms with E-state index in [1.165, 1.54) is 96.8 Å². The molecule has 4 bridgehead atoms. The van der Waals surface area contributed by atoms with Crippen molar-refractivity contribution in [3.8, 4) is 44.5 Å². The largest absolute Gasteiger partial charge is 0.310 e. The molecule has 9 aromatic rings. The average Bonchev–Trinajstić information content (AvgIpc) is 3.82. The van der Waals surface area contributed by atoms with Crippen molar-refractivity contribution >= 4 is 48.6 Å². The molecule has 14 rings (SSSR count). The Labute approximate surface area is 356 Å². The number of anilines is 3. The van der Waals surface area contributed by atoms with Gasteiger partial charge in [-0.25, -0.2) is 0 Å². The summed E-state index contributed by atoms with van der Waals surface area (Å²) in [4.78, 5) is 2.41. The summed E-state index contributed by atoms with van der Waals surface area (Å²) in [6.45, 7) is 0. The van der Waals surface area contributed by atoms with Crippen LogP contribution >= 0.6 is 11.3 Å². The third kappa shape index (κ3) is 5.17. The quantitative estimate of drug-likeness (QED) is 0.162. The first kappa shape index (κ1) is 34.6. The van der Waals surface area contributed by atoms with Crippen LogP contribution in [0.15, 0.2) is 188 Å². The zero-order valence-electron chi connectivity index (χ0n) is 33.6. The lowest BCUT2D eigenvalue weighted by atomic mass is 9.42. The molecule has 0 unspecified atom stereocenters.